The van der Waals surface area contributed by atoms with Crippen LogP contribution in [0.25, 0.3) is 0 Å². The van der Waals surface area contributed by atoms with Gasteiger partial charge in [-0.1, -0.05) is 13.0 Å². The van der Waals surface area contributed by atoms with Gasteiger partial charge in [0.05, 0.1) is 0 Å². The van der Waals surface area contributed by atoms with E-state index >= 15 is 0 Å². The predicted molar refractivity (Wildman–Crippen MR) is 40.3 cm³/mol. The quantitative estimate of drug-likeness (QED) is 0.526. The monoisotopic (exact) mass is 274 g/mol. The maximum Gasteiger partial charge on any atom is 0.460 e. The average Bonchev–Trinajstić information content (AvgIpc) is 2.12. The van der Waals surface area contributed by atoms with Crippen molar-refractivity contribution in [1.29, 1.82) is 0 Å². The van der Waals surface area contributed by atoms with Crippen LogP contribution in [0.1, 0.15) is 13.3 Å². The summed E-state index contributed by atoms with van der Waals surface area (Å²) in [7, 11) is 0. The second-order valence-corrected chi connectivity index (χ2v) is 3.08. The van der Waals surface area contributed by atoms with E-state index in [4.69, 9.17) is 0 Å². The molecule has 0 spiro atoms. The minimum atomic E-state index is -6.82. The summed E-state index contributed by atoms with van der Waals surface area (Å²) in [5, 5.41) is 0. The Hall–Kier alpha value is -0.890. The Bertz CT molecular complexity index is 286. The molecule has 0 aliphatic heterocycles. The number of alkyl halides is 9. The molecule has 17 heavy (non-hydrogen) atoms. The summed E-state index contributed by atoms with van der Waals surface area (Å²) in [6.07, 6.45) is -7.27. The van der Waals surface area contributed by atoms with Crippen LogP contribution in [0.5, 0.6) is 0 Å². The summed E-state index contributed by atoms with van der Waals surface area (Å²) in [4.78, 5) is 0. The molecule has 0 unspecified atom stereocenters. The second kappa shape index (κ2) is 4.41. The van der Waals surface area contributed by atoms with Crippen LogP contribution >= 0.6 is 0 Å². The molecule has 0 fully saturated rings. The van der Waals surface area contributed by atoms with E-state index in [1.807, 2.05) is 0 Å². The van der Waals surface area contributed by atoms with Gasteiger partial charge in [0.15, 0.2) is 0 Å². The minimum Gasteiger partial charge on any atom is -0.195 e. The Morgan fingerprint density at radius 1 is 0.765 bits per heavy atom. The van der Waals surface area contributed by atoms with E-state index < -0.39 is 30.0 Å². The van der Waals surface area contributed by atoms with Crippen LogP contribution in [-0.2, 0) is 0 Å². The van der Waals surface area contributed by atoms with E-state index in [1.54, 1.807) is 0 Å². The molecule has 0 saturated heterocycles. The van der Waals surface area contributed by atoms with Crippen LogP contribution < -0.4 is 0 Å². The summed E-state index contributed by atoms with van der Waals surface area (Å²) in [6, 6.07) is 0. The molecule has 0 aromatic rings. The Balaban J connectivity index is 5.47. The molecule has 0 aliphatic rings. The van der Waals surface area contributed by atoms with Crippen LogP contribution in [0.2, 0.25) is 0 Å². The lowest BCUT2D eigenvalue weighted by molar-refractivity contribution is -0.388. The Morgan fingerprint density at radius 3 is 1.47 bits per heavy atom. The molecule has 0 radical (unpaired) electrons. The van der Waals surface area contributed by atoms with Crippen molar-refractivity contribution in [3.8, 4) is 0 Å². The molecular weight excluding hydrogens is 267 g/mol. The van der Waals surface area contributed by atoms with Crippen molar-refractivity contribution in [2.45, 2.75) is 37.3 Å². The molecule has 102 valence electrons. The van der Waals surface area contributed by atoms with Gasteiger partial charge in [0, 0.05) is 0 Å². The van der Waals surface area contributed by atoms with E-state index in [0.717, 1.165) is 0 Å². The fraction of sp³-hybridized carbons (Fsp3) is 0.750. The van der Waals surface area contributed by atoms with E-state index in [-0.39, 0.29) is 6.42 Å². The summed E-state index contributed by atoms with van der Waals surface area (Å²) in [5.74, 6) is -19.0. The highest BCUT2D eigenvalue weighted by atomic mass is 19.4. The molecule has 0 saturated carbocycles. The fourth-order valence-electron chi connectivity index (χ4n) is 0.758. The molecule has 9 heteroatoms. The van der Waals surface area contributed by atoms with Gasteiger partial charge in [0.2, 0.25) is 0 Å². The third-order valence-electron chi connectivity index (χ3n) is 1.73. The zero-order valence-corrected chi connectivity index (χ0v) is 8.26. The van der Waals surface area contributed by atoms with E-state index in [9.17, 15) is 39.5 Å². The third kappa shape index (κ3) is 2.68. The smallest absolute Gasteiger partial charge is 0.195 e. The van der Waals surface area contributed by atoms with Gasteiger partial charge < -0.3 is 0 Å². The molecular formula is C8H7F9. The maximum absolute atomic E-state index is 12.6. The lowest BCUT2D eigenvalue weighted by Gasteiger charge is -2.32. The lowest BCUT2D eigenvalue weighted by atomic mass is 10.0. The topological polar surface area (TPSA) is 0 Å². The first-order valence-corrected chi connectivity index (χ1v) is 4.19. The van der Waals surface area contributed by atoms with Crippen LogP contribution in [-0.4, -0.2) is 23.9 Å². The Kier molecular flexibility index (Phi) is 4.18. The van der Waals surface area contributed by atoms with Crippen molar-refractivity contribution in [2.75, 3.05) is 0 Å². The highest BCUT2D eigenvalue weighted by Gasteiger charge is 2.81. The van der Waals surface area contributed by atoms with E-state index in [2.05, 4.69) is 0 Å². The SMILES string of the molecule is CC/C=C/C(F)(F)C(F)(F)C(F)(F)C(F)(F)F. The first-order chi connectivity index (χ1) is 7.31. The number of rotatable bonds is 4. The van der Waals surface area contributed by atoms with Gasteiger partial charge in [-0.2, -0.15) is 39.5 Å². The Morgan fingerprint density at radius 2 is 1.18 bits per heavy atom. The highest BCUT2D eigenvalue weighted by molar-refractivity contribution is 5.09. The van der Waals surface area contributed by atoms with Crippen molar-refractivity contribution in [3.05, 3.63) is 12.2 Å². The molecule has 0 heterocycles. The molecule has 0 bridgehead atoms. The van der Waals surface area contributed by atoms with E-state index in [1.165, 1.54) is 6.92 Å². The van der Waals surface area contributed by atoms with Crippen molar-refractivity contribution >= 4 is 0 Å². The molecule has 0 nitrogen and oxygen atoms in total. The number of halogens is 9. The normalized spacial score (nSPS) is 15.6. The minimum absolute atomic E-state index is 0.219. The van der Waals surface area contributed by atoms with Crippen molar-refractivity contribution < 1.29 is 39.5 Å². The highest BCUT2D eigenvalue weighted by Crippen LogP contribution is 2.53. The van der Waals surface area contributed by atoms with Gasteiger partial charge in [-0.25, -0.2) is 0 Å². The molecule has 0 amide bonds. The molecule has 0 aliphatic carbocycles. The fourth-order valence-corrected chi connectivity index (χ4v) is 0.758. The maximum atomic E-state index is 12.6. The van der Waals surface area contributed by atoms with E-state index in [0.29, 0.717) is 6.08 Å². The Labute approximate surface area is 90.1 Å². The third-order valence-corrected chi connectivity index (χ3v) is 1.73. The second-order valence-electron chi connectivity index (χ2n) is 3.08. The van der Waals surface area contributed by atoms with Crippen LogP contribution in [0.3, 0.4) is 0 Å². The van der Waals surface area contributed by atoms with Crippen LogP contribution in [0.15, 0.2) is 12.2 Å². The van der Waals surface area contributed by atoms with Crippen LogP contribution in [0, 0.1) is 0 Å². The first kappa shape index (κ1) is 16.1. The van der Waals surface area contributed by atoms with Gasteiger partial charge in [-0.05, 0) is 12.5 Å². The standard InChI is InChI=1S/C8H7F9/c1-2-3-4-5(9,10)6(11,12)7(13,14)8(15,16)17/h3-4H,2H2,1H3/b4-3+. The molecule has 0 aromatic carbocycles. The first-order valence-electron chi connectivity index (χ1n) is 4.19. The zero-order valence-electron chi connectivity index (χ0n) is 8.26. The molecule has 0 aromatic heterocycles. The number of hydrogen-bond donors (Lipinski definition) is 0. The largest absolute Gasteiger partial charge is 0.460 e. The van der Waals surface area contributed by atoms with Crippen LogP contribution in [0.4, 0.5) is 39.5 Å². The van der Waals surface area contributed by atoms with Gasteiger partial charge in [-0.15, -0.1) is 0 Å². The zero-order chi connectivity index (χ0) is 14.1. The molecule has 0 rings (SSSR count). The molecule has 0 N–H and O–H groups in total. The van der Waals surface area contributed by atoms with Gasteiger partial charge in [0.25, 0.3) is 0 Å². The summed E-state index contributed by atoms with van der Waals surface area (Å²) < 4.78 is 110. The van der Waals surface area contributed by atoms with Gasteiger partial charge >= 0.3 is 23.9 Å². The van der Waals surface area contributed by atoms with Crippen molar-refractivity contribution in [1.82, 2.24) is 0 Å². The summed E-state index contributed by atoms with van der Waals surface area (Å²) in [6.45, 7) is 1.21. The summed E-state index contributed by atoms with van der Waals surface area (Å²) >= 11 is 0. The van der Waals surface area contributed by atoms with Crippen molar-refractivity contribution in [3.63, 3.8) is 0 Å². The average molecular weight is 274 g/mol. The molecule has 0 atom stereocenters. The lowest BCUT2D eigenvalue weighted by Crippen LogP contribution is -2.60. The summed E-state index contributed by atoms with van der Waals surface area (Å²) in [5.41, 5.74) is 0. The predicted octanol–water partition coefficient (Wildman–Crippen LogP) is 4.42. The van der Waals surface area contributed by atoms with Gasteiger partial charge in [-0.3, -0.25) is 0 Å². The number of allylic oxidation sites excluding steroid dienone is 2. The number of hydrogen-bond acceptors (Lipinski definition) is 0. The van der Waals surface area contributed by atoms with Crippen molar-refractivity contribution in [2.24, 2.45) is 0 Å². The van der Waals surface area contributed by atoms with Gasteiger partial charge in [0.1, 0.15) is 0 Å².